The molecule has 0 aliphatic carbocycles. The molecule has 1 aromatic rings. The fourth-order valence-corrected chi connectivity index (χ4v) is 1.16. The van der Waals surface area contributed by atoms with Crippen LogP contribution in [0.2, 0.25) is 0 Å². The molecule has 0 heterocycles. The summed E-state index contributed by atoms with van der Waals surface area (Å²) < 4.78 is 5.09. The first-order valence-corrected chi connectivity index (χ1v) is 5.82. The summed E-state index contributed by atoms with van der Waals surface area (Å²) in [6.45, 7) is 4.60. The summed E-state index contributed by atoms with van der Waals surface area (Å²) in [6, 6.07) is 7.30. The monoisotopic (exact) mass is 233 g/mol. The zero-order chi connectivity index (χ0) is 12.7. The summed E-state index contributed by atoms with van der Waals surface area (Å²) >= 11 is 0. The first kappa shape index (κ1) is 13.3. The fraction of sp³-hybridized carbons (Fsp3) is 0.357. The Morgan fingerprint density at radius 3 is 2.65 bits per heavy atom. The largest absolute Gasteiger partial charge is 0.462 e. The highest BCUT2D eigenvalue weighted by molar-refractivity contribution is 5.87. The molecule has 1 atom stereocenters. The summed E-state index contributed by atoms with van der Waals surface area (Å²) in [5, 5.41) is 0. The number of esters is 1. The second kappa shape index (κ2) is 6.74. The lowest BCUT2D eigenvalue weighted by Crippen LogP contribution is -2.08. The molecular weight excluding hydrogens is 214 g/mol. The van der Waals surface area contributed by atoms with Crippen LogP contribution in [0.15, 0.2) is 30.3 Å². The van der Waals surface area contributed by atoms with Gasteiger partial charge in [0, 0.05) is 11.8 Å². The Morgan fingerprint density at radius 2 is 2.06 bits per heavy atom. The highest BCUT2D eigenvalue weighted by Crippen LogP contribution is 2.07. The number of rotatable bonds is 5. The average molecular weight is 233 g/mol. The van der Waals surface area contributed by atoms with Gasteiger partial charge in [-0.05, 0) is 29.7 Å². The molecule has 0 aliphatic heterocycles. The predicted octanol–water partition coefficient (Wildman–Crippen LogP) is 2.87. The Kier molecular flexibility index (Phi) is 5.27. The van der Waals surface area contributed by atoms with Crippen molar-refractivity contribution >= 4 is 17.7 Å². The lowest BCUT2D eigenvalue weighted by Gasteiger charge is -2.07. The molecule has 3 heteroatoms. The minimum atomic E-state index is -0.304. The maximum Gasteiger partial charge on any atom is 0.330 e. The lowest BCUT2D eigenvalue weighted by molar-refractivity contribution is -0.138. The number of benzene rings is 1. The normalized spacial score (nSPS) is 12.6. The van der Waals surface area contributed by atoms with Gasteiger partial charge in [-0.3, -0.25) is 0 Å². The molecule has 0 saturated carbocycles. The number of nitrogens with two attached hydrogens (primary N) is 1. The van der Waals surface area contributed by atoms with E-state index in [2.05, 4.69) is 13.8 Å². The second-order valence-electron chi connectivity index (χ2n) is 4.14. The molecule has 0 amide bonds. The van der Waals surface area contributed by atoms with E-state index in [9.17, 15) is 4.79 Å². The molecule has 0 aromatic heterocycles. The molecule has 0 radical (unpaired) electrons. The van der Waals surface area contributed by atoms with Crippen LogP contribution >= 0.6 is 0 Å². The Morgan fingerprint density at radius 1 is 1.41 bits per heavy atom. The molecule has 0 saturated heterocycles. The Hall–Kier alpha value is -1.77. The Balaban J connectivity index is 2.42. The van der Waals surface area contributed by atoms with Crippen LogP contribution in [0.5, 0.6) is 0 Å². The van der Waals surface area contributed by atoms with Crippen LogP contribution in [0.1, 0.15) is 25.8 Å². The molecule has 0 aliphatic rings. The molecule has 1 unspecified atom stereocenters. The van der Waals surface area contributed by atoms with Crippen molar-refractivity contribution in [3.8, 4) is 0 Å². The standard InChI is InChI=1S/C14H19NO2/c1-3-11(2)10-17-14(16)9-6-12-4-7-13(15)8-5-12/h4-9,11H,3,10,15H2,1-2H3/b9-6+. The van der Waals surface area contributed by atoms with Gasteiger partial charge in [-0.2, -0.15) is 0 Å². The first-order chi connectivity index (χ1) is 8.11. The molecule has 0 fully saturated rings. The van der Waals surface area contributed by atoms with E-state index in [1.54, 1.807) is 18.2 Å². The van der Waals surface area contributed by atoms with Crippen LogP contribution in [0.25, 0.3) is 6.08 Å². The van der Waals surface area contributed by atoms with Gasteiger partial charge in [0.05, 0.1) is 6.61 Å². The van der Waals surface area contributed by atoms with Crippen molar-refractivity contribution in [2.75, 3.05) is 12.3 Å². The average Bonchev–Trinajstić information content (AvgIpc) is 2.35. The third-order valence-corrected chi connectivity index (χ3v) is 2.56. The van der Waals surface area contributed by atoms with E-state index in [0.29, 0.717) is 18.2 Å². The van der Waals surface area contributed by atoms with Crippen molar-refractivity contribution in [2.45, 2.75) is 20.3 Å². The smallest absolute Gasteiger partial charge is 0.330 e. The van der Waals surface area contributed by atoms with E-state index in [1.807, 2.05) is 12.1 Å². The zero-order valence-corrected chi connectivity index (χ0v) is 10.3. The van der Waals surface area contributed by atoms with Crippen LogP contribution in [-0.2, 0) is 9.53 Å². The number of carbonyl (C=O) groups excluding carboxylic acids is 1. The topological polar surface area (TPSA) is 52.3 Å². The molecule has 1 rings (SSSR count). The first-order valence-electron chi connectivity index (χ1n) is 5.82. The minimum absolute atomic E-state index is 0.304. The van der Waals surface area contributed by atoms with Crippen LogP contribution in [0.3, 0.4) is 0 Å². The van der Waals surface area contributed by atoms with Crippen LogP contribution in [0.4, 0.5) is 5.69 Å². The van der Waals surface area contributed by atoms with Gasteiger partial charge in [0.1, 0.15) is 0 Å². The van der Waals surface area contributed by atoms with Gasteiger partial charge < -0.3 is 10.5 Å². The van der Waals surface area contributed by atoms with Crippen molar-refractivity contribution < 1.29 is 9.53 Å². The quantitative estimate of drug-likeness (QED) is 0.483. The SMILES string of the molecule is CCC(C)COC(=O)/C=C/c1ccc(N)cc1. The lowest BCUT2D eigenvalue weighted by atomic mass is 10.1. The molecule has 0 spiro atoms. The maximum atomic E-state index is 11.4. The second-order valence-corrected chi connectivity index (χ2v) is 4.14. The number of ether oxygens (including phenoxy) is 1. The van der Waals surface area contributed by atoms with E-state index < -0.39 is 0 Å². The summed E-state index contributed by atoms with van der Waals surface area (Å²) in [5.74, 6) is 0.103. The van der Waals surface area contributed by atoms with Gasteiger partial charge in [0.15, 0.2) is 0 Å². The molecule has 17 heavy (non-hydrogen) atoms. The third kappa shape index (κ3) is 5.20. The summed E-state index contributed by atoms with van der Waals surface area (Å²) in [6.07, 6.45) is 4.17. The number of carbonyl (C=O) groups is 1. The van der Waals surface area contributed by atoms with E-state index in [0.717, 1.165) is 12.0 Å². The number of hydrogen-bond donors (Lipinski definition) is 1. The highest BCUT2D eigenvalue weighted by Gasteiger charge is 2.02. The van der Waals surface area contributed by atoms with E-state index in [-0.39, 0.29) is 5.97 Å². The molecular formula is C14H19NO2. The maximum absolute atomic E-state index is 11.4. The number of nitrogen functional groups attached to an aromatic ring is 1. The number of hydrogen-bond acceptors (Lipinski definition) is 3. The summed E-state index contributed by atoms with van der Waals surface area (Å²) in [7, 11) is 0. The third-order valence-electron chi connectivity index (χ3n) is 2.56. The van der Waals surface area contributed by atoms with Crippen molar-refractivity contribution in [1.29, 1.82) is 0 Å². The highest BCUT2D eigenvalue weighted by atomic mass is 16.5. The van der Waals surface area contributed by atoms with Crippen molar-refractivity contribution in [1.82, 2.24) is 0 Å². The summed E-state index contributed by atoms with van der Waals surface area (Å²) in [4.78, 5) is 11.4. The van der Waals surface area contributed by atoms with Crippen molar-refractivity contribution in [2.24, 2.45) is 5.92 Å². The minimum Gasteiger partial charge on any atom is -0.462 e. The van der Waals surface area contributed by atoms with Gasteiger partial charge in [-0.1, -0.05) is 32.4 Å². The molecule has 2 N–H and O–H groups in total. The van der Waals surface area contributed by atoms with Gasteiger partial charge in [0.25, 0.3) is 0 Å². The van der Waals surface area contributed by atoms with Gasteiger partial charge >= 0.3 is 5.97 Å². The van der Waals surface area contributed by atoms with Crippen LogP contribution in [-0.4, -0.2) is 12.6 Å². The van der Waals surface area contributed by atoms with E-state index in [4.69, 9.17) is 10.5 Å². The van der Waals surface area contributed by atoms with E-state index in [1.165, 1.54) is 6.08 Å². The van der Waals surface area contributed by atoms with Crippen molar-refractivity contribution in [3.63, 3.8) is 0 Å². The molecule has 0 bridgehead atoms. The van der Waals surface area contributed by atoms with E-state index >= 15 is 0 Å². The van der Waals surface area contributed by atoms with Crippen LogP contribution in [0, 0.1) is 5.92 Å². The van der Waals surface area contributed by atoms with Crippen LogP contribution < -0.4 is 5.73 Å². The number of anilines is 1. The van der Waals surface area contributed by atoms with Crippen molar-refractivity contribution in [3.05, 3.63) is 35.9 Å². The Bertz CT molecular complexity index is 382. The van der Waals surface area contributed by atoms with Gasteiger partial charge in [-0.25, -0.2) is 4.79 Å². The predicted molar refractivity (Wildman–Crippen MR) is 70.3 cm³/mol. The molecule has 92 valence electrons. The zero-order valence-electron chi connectivity index (χ0n) is 10.3. The fourth-order valence-electron chi connectivity index (χ4n) is 1.16. The van der Waals surface area contributed by atoms with Gasteiger partial charge in [0.2, 0.25) is 0 Å². The Labute approximate surface area is 102 Å². The summed E-state index contributed by atoms with van der Waals surface area (Å²) in [5.41, 5.74) is 7.20. The molecule has 1 aromatic carbocycles. The van der Waals surface area contributed by atoms with Gasteiger partial charge in [-0.15, -0.1) is 0 Å². The molecule has 3 nitrogen and oxygen atoms in total.